The molecule has 1 aromatic carbocycles. The molecule has 1 amide bonds. The van der Waals surface area contributed by atoms with E-state index in [1.807, 2.05) is 17.0 Å². The molecule has 0 spiro atoms. The van der Waals surface area contributed by atoms with Crippen molar-refractivity contribution in [2.45, 2.75) is 44.6 Å². The number of aliphatic hydroxyl groups is 1. The first-order chi connectivity index (χ1) is 12.5. The SMILES string of the molecule is O=C(O)C1CCC(C(=O)N2CCC(C(O)c3ccc(Cl)cc3)CC2)CC1. The average molecular weight is 380 g/mol. The van der Waals surface area contributed by atoms with E-state index in [0.29, 0.717) is 43.8 Å². The molecule has 3 rings (SSSR count). The fourth-order valence-corrected chi connectivity index (χ4v) is 4.34. The van der Waals surface area contributed by atoms with Crippen molar-refractivity contribution in [1.29, 1.82) is 0 Å². The highest BCUT2D eigenvalue weighted by Gasteiger charge is 2.34. The number of nitrogens with zero attached hydrogens (tertiary/aromatic N) is 1. The van der Waals surface area contributed by atoms with Crippen molar-refractivity contribution >= 4 is 23.5 Å². The van der Waals surface area contributed by atoms with E-state index >= 15 is 0 Å². The second-order valence-corrected chi connectivity index (χ2v) is 7.98. The highest BCUT2D eigenvalue weighted by molar-refractivity contribution is 6.30. The van der Waals surface area contributed by atoms with Gasteiger partial charge in [-0.3, -0.25) is 9.59 Å². The summed E-state index contributed by atoms with van der Waals surface area (Å²) in [5.74, 6) is -0.771. The van der Waals surface area contributed by atoms with Crippen LogP contribution in [0.4, 0.5) is 0 Å². The number of carbonyl (C=O) groups is 2. The van der Waals surface area contributed by atoms with Crippen molar-refractivity contribution in [3.63, 3.8) is 0 Å². The molecule has 2 fully saturated rings. The van der Waals surface area contributed by atoms with Gasteiger partial charge in [0.2, 0.25) is 5.91 Å². The molecule has 142 valence electrons. The maximum absolute atomic E-state index is 12.7. The van der Waals surface area contributed by atoms with Crippen LogP contribution in [0.25, 0.3) is 0 Å². The Morgan fingerprint density at radius 2 is 1.50 bits per heavy atom. The third kappa shape index (κ3) is 4.38. The number of benzene rings is 1. The van der Waals surface area contributed by atoms with Gasteiger partial charge in [-0.05, 0) is 62.1 Å². The van der Waals surface area contributed by atoms with Crippen LogP contribution in [-0.4, -0.2) is 40.1 Å². The fraction of sp³-hybridized carbons (Fsp3) is 0.600. The molecular formula is C20H26ClNO4. The zero-order valence-corrected chi connectivity index (χ0v) is 15.6. The topological polar surface area (TPSA) is 77.8 Å². The standard InChI is InChI=1S/C20H26ClNO4/c21-17-7-5-13(6-8-17)18(23)14-9-11-22(12-10-14)19(24)15-1-3-16(4-2-15)20(25)26/h5-8,14-16,18,23H,1-4,9-12H2,(H,25,26). The maximum Gasteiger partial charge on any atom is 0.306 e. The van der Waals surface area contributed by atoms with Crippen molar-refractivity contribution in [2.75, 3.05) is 13.1 Å². The summed E-state index contributed by atoms with van der Waals surface area (Å²) in [5.41, 5.74) is 0.867. The van der Waals surface area contributed by atoms with Gasteiger partial charge >= 0.3 is 5.97 Å². The molecule has 5 nitrogen and oxygen atoms in total. The van der Waals surface area contributed by atoms with E-state index in [1.165, 1.54) is 0 Å². The third-order valence-electron chi connectivity index (χ3n) is 5.93. The molecule has 2 aliphatic rings. The Labute approximate surface area is 159 Å². The molecule has 2 N–H and O–H groups in total. The van der Waals surface area contributed by atoms with Gasteiger partial charge in [0.1, 0.15) is 0 Å². The highest BCUT2D eigenvalue weighted by Crippen LogP contribution is 2.34. The van der Waals surface area contributed by atoms with Crippen molar-refractivity contribution in [2.24, 2.45) is 17.8 Å². The van der Waals surface area contributed by atoms with Crippen molar-refractivity contribution in [3.8, 4) is 0 Å². The van der Waals surface area contributed by atoms with Crippen molar-refractivity contribution < 1.29 is 19.8 Å². The molecule has 1 heterocycles. The quantitative estimate of drug-likeness (QED) is 0.839. The van der Waals surface area contributed by atoms with Gasteiger partial charge in [-0.2, -0.15) is 0 Å². The van der Waals surface area contributed by atoms with Gasteiger partial charge in [0.25, 0.3) is 0 Å². The first kappa shape index (κ1) is 19.2. The van der Waals surface area contributed by atoms with Gasteiger partial charge in [-0.15, -0.1) is 0 Å². The van der Waals surface area contributed by atoms with E-state index in [0.717, 1.165) is 18.4 Å². The molecule has 1 aliphatic carbocycles. The second kappa shape index (κ2) is 8.40. The van der Waals surface area contributed by atoms with Gasteiger partial charge in [-0.1, -0.05) is 23.7 Å². The van der Waals surface area contributed by atoms with Crippen molar-refractivity contribution in [3.05, 3.63) is 34.9 Å². The lowest BCUT2D eigenvalue weighted by atomic mass is 9.80. The molecule has 0 bridgehead atoms. The molecule has 1 atom stereocenters. The summed E-state index contributed by atoms with van der Waals surface area (Å²) in [4.78, 5) is 25.7. The van der Waals surface area contributed by atoms with E-state index in [1.54, 1.807) is 12.1 Å². The van der Waals surface area contributed by atoms with Crippen LogP contribution in [0.1, 0.15) is 50.2 Å². The van der Waals surface area contributed by atoms with Crippen molar-refractivity contribution in [1.82, 2.24) is 4.90 Å². The van der Waals surface area contributed by atoms with E-state index in [2.05, 4.69) is 0 Å². The lowest BCUT2D eigenvalue weighted by Gasteiger charge is -2.37. The number of aliphatic hydroxyl groups excluding tert-OH is 1. The summed E-state index contributed by atoms with van der Waals surface area (Å²) in [7, 11) is 0. The van der Waals surface area contributed by atoms with Crippen LogP contribution in [0, 0.1) is 17.8 Å². The molecule has 1 saturated heterocycles. The summed E-state index contributed by atoms with van der Waals surface area (Å²) in [6.07, 6.45) is 3.55. The monoisotopic (exact) mass is 379 g/mol. The molecule has 26 heavy (non-hydrogen) atoms. The Bertz CT molecular complexity index is 632. The van der Waals surface area contributed by atoms with Gasteiger partial charge < -0.3 is 15.1 Å². The number of hydrogen-bond donors (Lipinski definition) is 2. The maximum atomic E-state index is 12.7. The number of piperidine rings is 1. The van der Waals surface area contributed by atoms with Crippen LogP contribution in [-0.2, 0) is 9.59 Å². The predicted molar refractivity (Wildman–Crippen MR) is 98.8 cm³/mol. The number of likely N-dealkylation sites (tertiary alicyclic amines) is 1. The summed E-state index contributed by atoms with van der Waals surface area (Å²) in [6.45, 7) is 1.32. The zero-order chi connectivity index (χ0) is 18.7. The van der Waals surface area contributed by atoms with Crippen LogP contribution >= 0.6 is 11.6 Å². The molecular weight excluding hydrogens is 354 g/mol. The molecule has 1 unspecified atom stereocenters. The van der Waals surface area contributed by atoms with E-state index in [9.17, 15) is 14.7 Å². The molecule has 0 aromatic heterocycles. The number of carbonyl (C=O) groups excluding carboxylic acids is 1. The number of amides is 1. The summed E-state index contributed by atoms with van der Waals surface area (Å²) in [5, 5.41) is 20.3. The van der Waals surface area contributed by atoms with Crippen LogP contribution < -0.4 is 0 Å². The molecule has 0 radical (unpaired) electrons. The second-order valence-electron chi connectivity index (χ2n) is 7.55. The largest absolute Gasteiger partial charge is 0.481 e. The number of aliphatic carboxylic acids is 1. The minimum atomic E-state index is -0.743. The normalized spacial score (nSPS) is 25.7. The van der Waals surface area contributed by atoms with Crippen LogP contribution in [0.15, 0.2) is 24.3 Å². The van der Waals surface area contributed by atoms with Gasteiger partial charge in [0.05, 0.1) is 12.0 Å². The average Bonchev–Trinajstić information content (AvgIpc) is 2.67. The number of halogens is 1. The number of carboxylic acid groups (broad SMARTS) is 1. The number of hydrogen-bond acceptors (Lipinski definition) is 3. The molecule has 1 saturated carbocycles. The third-order valence-corrected chi connectivity index (χ3v) is 6.19. The lowest BCUT2D eigenvalue weighted by molar-refractivity contribution is -0.146. The minimum absolute atomic E-state index is 0.0386. The molecule has 6 heteroatoms. The Morgan fingerprint density at radius 1 is 0.962 bits per heavy atom. The Kier molecular flexibility index (Phi) is 6.20. The molecule has 1 aromatic rings. The van der Waals surface area contributed by atoms with E-state index in [-0.39, 0.29) is 23.7 Å². The van der Waals surface area contributed by atoms with Crippen LogP contribution in [0.5, 0.6) is 0 Å². The Balaban J connectivity index is 1.49. The van der Waals surface area contributed by atoms with Crippen LogP contribution in [0.3, 0.4) is 0 Å². The summed E-state index contributed by atoms with van der Waals surface area (Å²) < 4.78 is 0. The van der Waals surface area contributed by atoms with Gasteiger partial charge in [-0.25, -0.2) is 0 Å². The highest BCUT2D eigenvalue weighted by atomic mass is 35.5. The fourth-order valence-electron chi connectivity index (χ4n) is 4.21. The molecule has 1 aliphatic heterocycles. The first-order valence-electron chi connectivity index (χ1n) is 9.41. The minimum Gasteiger partial charge on any atom is -0.481 e. The Hall–Kier alpha value is -1.59. The number of rotatable bonds is 4. The van der Waals surface area contributed by atoms with Crippen LogP contribution in [0.2, 0.25) is 5.02 Å². The lowest BCUT2D eigenvalue weighted by Crippen LogP contribution is -2.43. The Morgan fingerprint density at radius 3 is 2.04 bits per heavy atom. The summed E-state index contributed by atoms with van der Waals surface area (Å²) >= 11 is 5.90. The van der Waals surface area contributed by atoms with Gasteiger partial charge in [0.15, 0.2) is 0 Å². The van der Waals surface area contributed by atoms with Gasteiger partial charge in [0, 0.05) is 24.0 Å². The summed E-state index contributed by atoms with van der Waals surface area (Å²) in [6, 6.07) is 7.27. The van der Waals surface area contributed by atoms with E-state index < -0.39 is 12.1 Å². The first-order valence-corrected chi connectivity index (χ1v) is 9.78. The predicted octanol–water partition coefficient (Wildman–Crippen LogP) is 3.50. The van der Waals surface area contributed by atoms with E-state index in [4.69, 9.17) is 16.7 Å². The smallest absolute Gasteiger partial charge is 0.306 e. The number of carboxylic acids is 1. The zero-order valence-electron chi connectivity index (χ0n) is 14.8.